The summed E-state index contributed by atoms with van der Waals surface area (Å²) >= 11 is 0. The largest absolute Gasteiger partial charge is 0.537 e. The van der Waals surface area contributed by atoms with Crippen LogP contribution < -0.4 is 20.7 Å². The van der Waals surface area contributed by atoms with Gasteiger partial charge in [0.05, 0.1) is 0 Å². The van der Waals surface area contributed by atoms with Gasteiger partial charge in [-0.3, -0.25) is 0 Å². The van der Waals surface area contributed by atoms with Gasteiger partial charge in [-0.2, -0.15) is 0 Å². The number of rotatable bonds is 82. The van der Waals surface area contributed by atoms with Gasteiger partial charge in [-0.05, 0) is 190 Å². The van der Waals surface area contributed by atoms with Gasteiger partial charge < -0.3 is 140 Å². The van der Waals surface area contributed by atoms with Gasteiger partial charge in [-0.1, -0.05) is 201 Å². The van der Waals surface area contributed by atoms with Crippen LogP contribution in [-0.4, -0.2) is 346 Å². The SMILES string of the molecule is C.C.CCO.CCO.CCO[Si](CCCSSCCC[Si](OCC)(OCC)OCC)(OCC)OCC.CCO[Si](CCCSSCCC[Si](OCC)(OCC)OCC)(OCC)OCC.CCO[Si](OCC)(OCC)c1ccc([Si](OCC)(OCC)OCC)cc1.CO[Si](CCCSSCCC[Si](C)(C)C)(OC)OC.CO[Si](OC)(OC)c1ccc([Si]23O[Si](CCCSSCCC[Si](C)(C)C)(O2)O3)cc1.O.O. The molecule has 0 aliphatic carbocycles. The van der Waals surface area contributed by atoms with Crippen LogP contribution >= 0.6 is 86.4 Å². The molecule has 51 heteroatoms. The lowest BCUT2D eigenvalue weighted by molar-refractivity contribution is -0.0208. The van der Waals surface area contributed by atoms with Crippen molar-refractivity contribution in [1.82, 2.24) is 0 Å². The maximum absolute atomic E-state index is 7.57. The highest BCUT2D eigenvalue weighted by atomic mass is 33.1. The predicted octanol–water partition coefficient (Wildman–Crippen LogP) is 20.1. The number of hydrogen-bond acceptors (Lipinski definition) is 37. The zero-order chi connectivity index (χ0) is 104. The molecule has 3 fully saturated rings. The first-order valence-electron chi connectivity index (χ1n) is 50.0. The highest BCUT2D eigenvalue weighted by Gasteiger charge is 2.82. The standard InChI is InChI=1S/C18H34O6S2Si4.2C18H42O6S2Si2.C18H34O6Si2.C12H30O3S2Si2.2C2H6O.2CH4.2H2O/c1-19-29(20-2,21-3)17-9-11-18(12-10-17)30-22-28(23-30,24-30)16-8-14-26-25-13-7-15-27(4,5)6;2*1-7-19-27(20-8-2,21-9-3)17-13-15-25-26-16-14-18-28(22-10-4,23-11-5)24-12-6;1-7-19-25(20-8-2,21-9-3)17-13-15-18(16-14-17)26(22-10-4,23-11-5)24-12-6;1-13-19(14-2,15-3)12-8-10-17-16-9-7-11-18(4,5)6;2*1-2-3;;;;/h9-12H,7-8,13-16H2,1-6H3;2*7-18H2,1-6H3;13-16H,7-12H2,1-6H3;7-12H2,1-6H3;2*3H,2H2,1H3;2*1H4;2*1H2. The molecule has 0 unspecified atom stereocenters. The van der Waals surface area contributed by atoms with E-state index in [9.17, 15) is 0 Å². The lowest BCUT2D eigenvalue weighted by atomic mass is 10.4. The van der Waals surface area contributed by atoms with Crippen LogP contribution in [0.4, 0.5) is 0 Å². The van der Waals surface area contributed by atoms with Crippen LogP contribution in [0.25, 0.3) is 0 Å². The monoisotopic (exact) mass is 2370 g/mol. The molecule has 5 rings (SSSR count). The first kappa shape index (κ1) is 156. The van der Waals surface area contributed by atoms with Gasteiger partial charge >= 0.3 is 88.0 Å². The Balaban J connectivity index is -0.000000313. The van der Waals surface area contributed by atoms with Crippen molar-refractivity contribution in [3.63, 3.8) is 0 Å². The number of hydrogen-bond donors (Lipinski definition) is 2. The molecule has 0 atom stereocenters. The minimum atomic E-state index is -2.92. The van der Waals surface area contributed by atoms with Gasteiger partial charge in [0.15, 0.2) is 0 Å². The van der Waals surface area contributed by atoms with Crippen molar-refractivity contribution in [2.24, 2.45) is 0 Å². The van der Waals surface area contributed by atoms with Gasteiger partial charge in [0, 0.05) is 294 Å². The van der Waals surface area contributed by atoms with E-state index in [1.165, 1.54) is 36.4 Å². The molecule has 3 heterocycles. The topological polar surface area (TPSA) is 353 Å². The molecule has 0 amide bonds. The predicted molar refractivity (Wildman–Crippen MR) is 631 cm³/mol. The summed E-state index contributed by atoms with van der Waals surface area (Å²) in [6.07, 6.45) is 9.05. The number of aliphatic hydroxyl groups excluding tert-OH is 2. The van der Waals surface area contributed by atoms with Crippen LogP contribution in [0.15, 0.2) is 48.5 Å². The molecule has 0 saturated carbocycles. The van der Waals surface area contributed by atoms with E-state index in [-0.39, 0.29) is 39.0 Å². The Kier molecular flexibility index (Phi) is 105. The maximum Gasteiger partial charge on any atom is 0.537 e. The van der Waals surface area contributed by atoms with Gasteiger partial charge in [0.25, 0.3) is 0 Å². The first-order chi connectivity index (χ1) is 65.7. The summed E-state index contributed by atoms with van der Waals surface area (Å²) in [6, 6.07) is 24.1. The number of aliphatic hydroxyl groups is 2. The van der Waals surface area contributed by atoms with E-state index in [2.05, 4.69) is 39.3 Å². The summed E-state index contributed by atoms with van der Waals surface area (Å²) in [5, 5.41) is 18.9. The molecule has 3 saturated heterocycles. The maximum atomic E-state index is 7.57. The van der Waals surface area contributed by atoms with E-state index in [1.807, 2.05) is 260 Å². The highest BCUT2D eigenvalue weighted by molar-refractivity contribution is 8.77. The van der Waals surface area contributed by atoms with E-state index in [4.69, 9.17) is 129 Å². The van der Waals surface area contributed by atoms with Crippen molar-refractivity contribution in [1.29, 1.82) is 0 Å². The Hall–Kier alpha value is 2.60. The molecule has 2 bridgehead atoms. The fraction of sp³-hybridized carbons (Fsp3) is 0.867. The molecular formula is C90H206O31S8Si12. The number of benzene rings is 2. The van der Waals surface area contributed by atoms with Crippen molar-refractivity contribution in [2.75, 3.05) is 221 Å². The summed E-state index contributed by atoms with van der Waals surface area (Å²) in [7, 11) is -2.12. The second kappa shape index (κ2) is 94.9. The smallest absolute Gasteiger partial charge is 0.412 e. The molecule has 0 radical (unpaired) electrons. The van der Waals surface area contributed by atoms with Crippen molar-refractivity contribution in [2.45, 2.75) is 292 Å². The Labute approximate surface area is 904 Å². The van der Waals surface area contributed by atoms with E-state index in [0.717, 1.165) is 130 Å². The van der Waals surface area contributed by atoms with Gasteiger partial charge in [0.2, 0.25) is 0 Å². The van der Waals surface area contributed by atoms with Gasteiger partial charge in [-0.25, -0.2) is 0 Å². The van der Waals surface area contributed by atoms with Crippen LogP contribution in [0.1, 0.15) is 205 Å². The zero-order valence-electron chi connectivity index (χ0n) is 91.9. The third-order valence-electron chi connectivity index (χ3n) is 19.1. The van der Waals surface area contributed by atoms with E-state index in [0.29, 0.717) is 119 Å². The fourth-order valence-corrected chi connectivity index (χ4v) is 54.7. The quantitative estimate of drug-likeness (QED) is 0.0353. The van der Waals surface area contributed by atoms with Gasteiger partial charge in [0.1, 0.15) is 0 Å². The second-order valence-corrected chi connectivity index (χ2v) is 82.1. The molecule has 6 N–H and O–H groups in total. The normalized spacial score (nSPS) is 14.8. The lowest BCUT2D eigenvalue weighted by Crippen LogP contribution is -2.92. The average molecular weight is 2380 g/mol. The van der Waals surface area contributed by atoms with E-state index in [1.54, 1.807) is 56.5 Å². The van der Waals surface area contributed by atoms with Crippen LogP contribution in [0.5, 0.6) is 0 Å². The molecule has 3 aliphatic rings. The Morgan fingerprint density at radius 1 is 0.241 bits per heavy atom. The van der Waals surface area contributed by atoms with Crippen molar-refractivity contribution in [3.8, 4) is 0 Å². The Bertz CT molecular complexity index is 2730. The summed E-state index contributed by atoms with van der Waals surface area (Å²) < 4.78 is 158. The van der Waals surface area contributed by atoms with E-state index < -0.39 is 104 Å². The average Bonchev–Trinajstić information content (AvgIpc) is 0.672. The molecule has 2 aromatic rings. The summed E-state index contributed by atoms with van der Waals surface area (Å²) in [4.78, 5) is 0. The van der Waals surface area contributed by atoms with Crippen molar-refractivity contribution in [3.05, 3.63) is 48.5 Å². The third-order valence-corrected chi connectivity index (χ3v) is 66.2. The molecular weight excluding hydrogens is 2170 g/mol. The van der Waals surface area contributed by atoms with Crippen LogP contribution in [0, 0.1) is 0 Å². The summed E-state index contributed by atoms with van der Waals surface area (Å²) in [5.74, 6) is 9.07. The zero-order valence-corrected chi connectivity index (χ0v) is 110. The minimum absolute atomic E-state index is 0. The van der Waals surface area contributed by atoms with Crippen LogP contribution in [0.2, 0.25) is 87.6 Å². The van der Waals surface area contributed by atoms with Gasteiger partial charge in [-0.15, -0.1) is 0 Å². The van der Waals surface area contributed by atoms with Crippen LogP contribution in [0.3, 0.4) is 0 Å². The molecule has 0 spiro atoms. The third kappa shape index (κ3) is 66.0. The minimum Gasteiger partial charge on any atom is -0.412 e. The summed E-state index contributed by atoms with van der Waals surface area (Å²) in [6.45, 7) is 65.1. The molecule has 848 valence electrons. The molecule has 0 aromatic heterocycles. The molecule has 141 heavy (non-hydrogen) atoms. The highest BCUT2D eigenvalue weighted by Crippen LogP contribution is 2.49. The fourth-order valence-electron chi connectivity index (χ4n) is 13.7. The summed E-state index contributed by atoms with van der Waals surface area (Å²) in [5.41, 5.74) is 0. The van der Waals surface area contributed by atoms with Crippen molar-refractivity contribution < 1.29 is 140 Å². The lowest BCUT2D eigenvalue weighted by Gasteiger charge is -2.63. The Morgan fingerprint density at radius 3 is 0.589 bits per heavy atom. The van der Waals surface area contributed by atoms with E-state index >= 15 is 0 Å². The van der Waals surface area contributed by atoms with Crippen LogP contribution in [-0.2, 0) is 119 Å². The molecule has 3 aliphatic heterocycles. The van der Waals surface area contributed by atoms with Crippen molar-refractivity contribution >= 4 is 211 Å². The first-order valence-corrected chi connectivity index (χ1v) is 85.8. The molecule has 31 nitrogen and oxygen atoms in total. The second-order valence-electron chi connectivity index (χ2n) is 32.0. The Morgan fingerprint density at radius 2 is 0.411 bits per heavy atom. The molecule has 2 aromatic carbocycles.